The molecule has 0 spiro atoms. The van der Waals surface area contributed by atoms with Crippen molar-refractivity contribution in [1.29, 1.82) is 0 Å². The first-order valence-electron chi connectivity index (χ1n) is 8.69. The van der Waals surface area contributed by atoms with Gasteiger partial charge in [0, 0.05) is 36.4 Å². The predicted molar refractivity (Wildman–Crippen MR) is 99.6 cm³/mol. The van der Waals surface area contributed by atoms with Crippen LogP contribution in [0.25, 0.3) is 17.0 Å². The summed E-state index contributed by atoms with van der Waals surface area (Å²) in [5.41, 5.74) is 1.73. The van der Waals surface area contributed by atoms with E-state index in [2.05, 4.69) is 4.98 Å². The van der Waals surface area contributed by atoms with Crippen molar-refractivity contribution in [3.8, 4) is 5.75 Å². The van der Waals surface area contributed by atoms with Crippen LogP contribution in [0.3, 0.4) is 0 Å². The summed E-state index contributed by atoms with van der Waals surface area (Å²) in [4.78, 5) is 18.7. The molecule has 0 bridgehead atoms. The summed E-state index contributed by atoms with van der Waals surface area (Å²) >= 11 is 0. The van der Waals surface area contributed by atoms with E-state index in [0.29, 0.717) is 29.7 Å². The second-order valence-electron chi connectivity index (χ2n) is 6.42. The van der Waals surface area contributed by atoms with Gasteiger partial charge in [-0.2, -0.15) is 0 Å². The monoisotopic (exact) mass is 348 g/mol. The minimum absolute atomic E-state index is 0.0104. The fraction of sp³-hybridized carbons (Fsp3) is 0.238. The topological polar surface area (TPSA) is 55.6 Å². The van der Waals surface area contributed by atoms with Gasteiger partial charge in [-0.1, -0.05) is 18.2 Å². The average molecular weight is 348 g/mol. The molecule has 1 aliphatic rings. The zero-order valence-corrected chi connectivity index (χ0v) is 14.6. The van der Waals surface area contributed by atoms with Crippen LogP contribution in [0.2, 0.25) is 0 Å². The first kappa shape index (κ1) is 16.4. The van der Waals surface area contributed by atoms with Crippen molar-refractivity contribution in [3.63, 3.8) is 0 Å². The quantitative estimate of drug-likeness (QED) is 0.631. The molecule has 0 N–H and O–H groups in total. The Morgan fingerprint density at radius 1 is 1.35 bits per heavy atom. The van der Waals surface area contributed by atoms with Crippen molar-refractivity contribution in [1.82, 2.24) is 9.88 Å². The lowest BCUT2D eigenvalue weighted by Gasteiger charge is -2.20. The van der Waals surface area contributed by atoms with E-state index in [1.54, 1.807) is 31.7 Å². The van der Waals surface area contributed by atoms with Gasteiger partial charge in [0.15, 0.2) is 11.3 Å². The van der Waals surface area contributed by atoms with E-state index >= 15 is 0 Å². The van der Waals surface area contributed by atoms with Gasteiger partial charge in [0.25, 0.3) is 0 Å². The van der Waals surface area contributed by atoms with Gasteiger partial charge in [0.2, 0.25) is 5.91 Å². The highest BCUT2D eigenvalue weighted by Crippen LogP contribution is 2.30. The highest BCUT2D eigenvalue weighted by Gasteiger charge is 2.31. The zero-order valence-electron chi connectivity index (χ0n) is 14.6. The summed E-state index contributed by atoms with van der Waals surface area (Å²) in [5.74, 6) is 1.31. The van der Waals surface area contributed by atoms with E-state index in [1.807, 2.05) is 41.3 Å². The second kappa shape index (κ2) is 7.04. The third-order valence-electron chi connectivity index (χ3n) is 4.48. The summed E-state index contributed by atoms with van der Waals surface area (Å²) < 4.78 is 11.1. The molecule has 0 unspecified atom stereocenters. The molecule has 132 valence electrons. The lowest BCUT2D eigenvalue weighted by molar-refractivity contribution is -0.127. The number of para-hydroxylation sites is 1. The average Bonchev–Trinajstić information content (AvgIpc) is 3.43. The number of hydrogen-bond donors (Lipinski definition) is 0. The molecule has 2 heterocycles. The molecule has 1 aliphatic carbocycles. The highest BCUT2D eigenvalue weighted by atomic mass is 16.5. The van der Waals surface area contributed by atoms with Gasteiger partial charge in [-0.15, -0.1) is 0 Å². The molecular formula is C21H20N2O3. The Kier molecular flexibility index (Phi) is 4.44. The molecule has 2 aromatic heterocycles. The molecule has 3 aromatic rings. The highest BCUT2D eigenvalue weighted by molar-refractivity contribution is 5.93. The van der Waals surface area contributed by atoms with Gasteiger partial charge >= 0.3 is 0 Å². The molecule has 0 atom stereocenters. The summed E-state index contributed by atoms with van der Waals surface area (Å²) in [6.45, 7) is 0.579. The minimum atomic E-state index is -0.0104. The molecule has 5 nitrogen and oxygen atoms in total. The standard InChI is InChI=1S/C21H20N2O3/c1-25-19-6-2-5-16-12-18(26-21(16)19)9-10-20(24)23(17-7-8-17)14-15-4-3-11-22-13-15/h2-6,9-13,17H,7-8,14H2,1H3. The predicted octanol–water partition coefficient (Wildman–Crippen LogP) is 4.04. The van der Waals surface area contributed by atoms with Crippen molar-refractivity contribution < 1.29 is 13.9 Å². The van der Waals surface area contributed by atoms with Crippen molar-refractivity contribution in [2.75, 3.05) is 7.11 Å². The molecular weight excluding hydrogens is 328 g/mol. The molecule has 0 saturated heterocycles. The Morgan fingerprint density at radius 3 is 2.96 bits per heavy atom. The Bertz CT molecular complexity index is 942. The molecule has 4 rings (SSSR count). The Morgan fingerprint density at radius 2 is 2.23 bits per heavy atom. The number of amides is 1. The number of nitrogens with zero attached hydrogens (tertiary/aromatic N) is 2. The number of methoxy groups -OCH3 is 1. The number of benzene rings is 1. The van der Waals surface area contributed by atoms with Crippen LogP contribution in [-0.4, -0.2) is 28.9 Å². The van der Waals surface area contributed by atoms with Gasteiger partial charge in [0.05, 0.1) is 7.11 Å². The number of carbonyl (C=O) groups is 1. The van der Waals surface area contributed by atoms with Crippen LogP contribution in [0.15, 0.2) is 59.3 Å². The largest absolute Gasteiger partial charge is 0.493 e. The molecule has 0 aliphatic heterocycles. The van der Waals surface area contributed by atoms with Gasteiger partial charge in [-0.25, -0.2) is 0 Å². The fourth-order valence-electron chi connectivity index (χ4n) is 3.01. The van der Waals surface area contributed by atoms with Gasteiger partial charge in [-0.05, 0) is 42.7 Å². The zero-order chi connectivity index (χ0) is 17.9. The SMILES string of the molecule is COc1cccc2cc(C=CC(=O)N(Cc3cccnc3)C3CC3)oc12. The minimum Gasteiger partial charge on any atom is -0.493 e. The van der Waals surface area contributed by atoms with E-state index in [9.17, 15) is 4.79 Å². The van der Waals surface area contributed by atoms with Gasteiger partial charge in [-0.3, -0.25) is 9.78 Å². The van der Waals surface area contributed by atoms with Crippen LogP contribution in [0.1, 0.15) is 24.2 Å². The number of pyridine rings is 1. The van der Waals surface area contributed by atoms with E-state index in [1.165, 1.54) is 0 Å². The van der Waals surface area contributed by atoms with Crippen molar-refractivity contribution >= 4 is 23.0 Å². The van der Waals surface area contributed by atoms with Gasteiger partial charge < -0.3 is 14.1 Å². The van der Waals surface area contributed by atoms with Crippen LogP contribution in [-0.2, 0) is 11.3 Å². The van der Waals surface area contributed by atoms with E-state index in [-0.39, 0.29) is 5.91 Å². The fourth-order valence-corrected chi connectivity index (χ4v) is 3.01. The second-order valence-corrected chi connectivity index (χ2v) is 6.42. The molecule has 1 aromatic carbocycles. The summed E-state index contributed by atoms with van der Waals surface area (Å²) in [6.07, 6.45) is 8.96. The van der Waals surface area contributed by atoms with Crippen LogP contribution in [0, 0.1) is 0 Å². The van der Waals surface area contributed by atoms with Crippen LogP contribution in [0.5, 0.6) is 5.75 Å². The number of hydrogen-bond acceptors (Lipinski definition) is 4. The maximum absolute atomic E-state index is 12.7. The van der Waals surface area contributed by atoms with Crippen molar-refractivity contribution in [2.45, 2.75) is 25.4 Å². The van der Waals surface area contributed by atoms with Crippen molar-refractivity contribution in [2.24, 2.45) is 0 Å². The number of carbonyl (C=O) groups excluding carboxylic acids is 1. The summed E-state index contributed by atoms with van der Waals surface area (Å²) in [6, 6.07) is 11.8. The molecule has 1 amide bonds. The van der Waals surface area contributed by atoms with E-state index < -0.39 is 0 Å². The summed E-state index contributed by atoms with van der Waals surface area (Å²) in [5, 5.41) is 0.950. The molecule has 1 saturated carbocycles. The number of fused-ring (bicyclic) bond motifs is 1. The lowest BCUT2D eigenvalue weighted by Crippen LogP contribution is -2.31. The maximum Gasteiger partial charge on any atom is 0.247 e. The molecule has 26 heavy (non-hydrogen) atoms. The molecule has 5 heteroatoms. The number of rotatable bonds is 6. The number of ether oxygens (including phenoxy) is 1. The van der Waals surface area contributed by atoms with Crippen LogP contribution >= 0.6 is 0 Å². The maximum atomic E-state index is 12.7. The Labute approximate surface area is 151 Å². The third kappa shape index (κ3) is 3.47. The first-order valence-corrected chi connectivity index (χ1v) is 8.69. The van der Waals surface area contributed by atoms with E-state index in [0.717, 1.165) is 23.8 Å². The summed E-state index contributed by atoms with van der Waals surface area (Å²) in [7, 11) is 1.61. The number of furan rings is 1. The van der Waals surface area contributed by atoms with Crippen molar-refractivity contribution in [3.05, 3.63) is 66.2 Å². The normalized spacial score (nSPS) is 14.0. The third-order valence-corrected chi connectivity index (χ3v) is 4.48. The molecule has 0 radical (unpaired) electrons. The smallest absolute Gasteiger partial charge is 0.247 e. The van der Waals surface area contributed by atoms with E-state index in [4.69, 9.17) is 9.15 Å². The first-order chi connectivity index (χ1) is 12.7. The number of aromatic nitrogens is 1. The van der Waals surface area contributed by atoms with Gasteiger partial charge in [0.1, 0.15) is 5.76 Å². The van der Waals surface area contributed by atoms with Crippen LogP contribution < -0.4 is 4.74 Å². The van der Waals surface area contributed by atoms with Crippen LogP contribution in [0.4, 0.5) is 0 Å². The Hall–Kier alpha value is -3.08. The molecule has 1 fully saturated rings. The lowest BCUT2D eigenvalue weighted by atomic mass is 10.2. The Balaban J connectivity index is 1.52.